The maximum atomic E-state index is 11.2. The number of ketones is 2. The van der Waals surface area contributed by atoms with Crippen molar-refractivity contribution in [3.8, 4) is 10.4 Å². The van der Waals surface area contributed by atoms with Crippen molar-refractivity contribution in [3.05, 3.63) is 33.3 Å². The Kier molecular flexibility index (Phi) is 3.03. The van der Waals surface area contributed by atoms with E-state index in [1.54, 1.807) is 19.9 Å². The van der Waals surface area contributed by atoms with Crippen LogP contribution in [0.1, 0.15) is 33.2 Å². The average Bonchev–Trinajstić information content (AvgIpc) is 2.86. The zero-order valence-electron chi connectivity index (χ0n) is 8.87. The molecule has 2 rings (SSSR count). The van der Waals surface area contributed by atoms with Crippen LogP contribution in [0.5, 0.6) is 0 Å². The highest BCUT2D eigenvalue weighted by Gasteiger charge is 2.10. The fourth-order valence-electron chi connectivity index (χ4n) is 1.27. The third kappa shape index (κ3) is 2.13. The number of thiophene rings is 2. The topological polar surface area (TPSA) is 34.1 Å². The second kappa shape index (κ2) is 4.31. The van der Waals surface area contributed by atoms with Gasteiger partial charge in [-0.2, -0.15) is 0 Å². The summed E-state index contributed by atoms with van der Waals surface area (Å²) in [5.74, 6) is 0.120. The monoisotopic (exact) mass is 249 g/mol. The fraction of sp³-hybridized carbons (Fsp3) is 0.167. The van der Waals surface area contributed by atoms with Crippen molar-refractivity contribution in [2.24, 2.45) is 0 Å². The van der Waals surface area contributed by atoms with Crippen LogP contribution in [0.2, 0.25) is 0 Å². The van der Waals surface area contributed by atoms with Crippen LogP contribution in [-0.2, 0) is 0 Å². The smallest absolute Gasteiger partial charge is 0.169 e. The summed E-state index contributed by atoms with van der Waals surface area (Å²) in [6.07, 6.45) is 0. The number of carbonyl (C=O) groups excluding carboxylic acids is 2. The summed E-state index contributed by atoms with van der Waals surface area (Å²) in [6, 6.07) is 5.52. The highest BCUT2D eigenvalue weighted by molar-refractivity contribution is 7.18. The van der Waals surface area contributed by atoms with E-state index in [1.807, 2.05) is 12.1 Å². The van der Waals surface area contributed by atoms with E-state index < -0.39 is 0 Å². The molecule has 0 unspecified atom stereocenters. The van der Waals surface area contributed by atoms with E-state index in [-0.39, 0.29) is 11.6 Å². The molecule has 2 nitrogen and oxygen atoms in total. The van der Waals surface area contributed by atoms with Gasteiger partial charge in [0.1, 0.15) is 0 Å². The minimum Gasteiger partial charge on any atom is -0.294 e. The predicted molar refractivity (Wildman–Crippen MR) is 66.5 cm³/mol. The number of carbonyl (C=O) groups is 2. The molecular formula is C12H9O2S2. The Morgan fingerprint density at radius 1 is 1.12 bits per heavy atom. The van der Waals surface area contributed by atoms with Gasteiger partial charge < -0.3 is 0 Å². The molecule has 81 valence electrons. The largest absolute Gasteiger partial charge is 0.294 e. The van der Waals surface area contributed by atoms with Crippen molar-refractivity contribution >= 4 is 34.2 Å². The summed E-state index contributed by atoms with van der Waals surface area (Å²) in [7, 11) is 0. The van der Waals surface area contributed by atoms with Gasteiger partial charge in [-0.1, -0.05) is 0 Å². The summed E-state index contributed by atoms with van der Waals surface area (Å²) in [5, 5.41) is 3.08. The fourth-order valence-corrected chi connectivity index (χ4v) is 2.91. The summed E-state index contributed by atoms with van der Waals surface area (Å²) in [4.78, 5) is 24.7. The first-order valence-electron chi connectivity index (χ1n) is 4.71. The van der Waals surface area contributed by atoms with Crippen molar-refractivity contribution < 1.29 is 9.59 Å². The first kappa shape index (κ1) is 11.2. The lowest BCUT2D eigenvalue weighted by atomic mass is 10.2. The minimum absolute atomic E-state index is 0.0517. The van der Waals surface area contributed by atoms with Crippen LogP contribution in [-0.4, -0.2) is 11.6 Å². The van der Waals surface area contributed by atoms with E-state index in [2.05, 4.69) is 5.38 Å². The number of Topliss-reactive ketones (excluding diaryl/α,β-unsaturated/α-hetero) is 2. The van der Waals surface area contributed by atoms with Gasteiger partial charge in [0.2, 0.25) is 0 Å². The lowest BCUT2D eigenvalue weighted by Crippen LogP contribution is -1.84. The van der Waals surface area contributed by atoms with Crippen LogP contribution < -0.4 is 0 Å². The molecule has 0 saturated carbocycles. The number of hydrogen-bond acceptors (Lipinski definition) is 4. The molecule has 0 aromatic carbocycles. The van der Waals surface area contributed by atoms with E-state index >= 15 is 0 Å². The average molecular weight is 249 g/mol. The van der Waals surface area contributed by atoms with Gasteiger partial charge in [0.05, 0.1) is 15.1 Å². The zero-order chi connectivity index (χ0) is 11.7. The van der Waals surface area contributed by atoms with E-state index in [0.717, 1.165) is 15.3 Å². The van der Waals surface area contributed by atoms with Crippen LogP contribution in [0.15, 0.2) is 18.2 Å². The van der Waals surface area contributed by atoms with Gasteiger partial charge in [0.15, 0.2) is 11.6 Å². The molecule has 0 spiro atoms. The minimum atomic E-state index is 0.0517. The first-order valence-corrected chi connectivity index (χ1v) is 6.35. The maximum Gasteiger partial charge on any atom is 0.169 e. The first-order chi connectivity index (χ1) is 7.58. The van der Waals surface area contributed by atoms with Gasteiger partial charge in [-0.05, 0) is 32.0 Å². The quantitative estimate of drug-likeness (QED) is 0.777. The lowest BCUT2D eigenvalue weighted by Gasteiger charge is -1.88. The Bertz CT molecular complexity index is 499. The van der Waals surface area contributed by atoms with Crippen LogP contribution >= 0.6 is 22.7 Å². The van der Waals surface area contributed by atoms with Crippen molar-refractivity contribution in [2.75, 3.05) is 0 Å². The Morgan fingerprint density at radius 2 is 1.81 bits per heavy atom. The van der Waals surface area contributed by atoms with E-state index in [1.165, 1.54) is 22.7 Å². The molecule has 0 aliphatic rings. The van der Waals surface area contributed by atoms with Crippen molar-refractivity contribution in [2.45, 2.75) is 13.8 Å². The van der Waals surface area contributed by atoms with Crippen LogP contribution in [0, 0.1) is 5.38 Å². The SMILES string of the molecule is CC(=O)c1cc(-c2ccc(C(C)=O)s2)[c]s1. The van der Waals surface area contributed by atoms with Gasteiger partial charge in [0.25, 0.3) is 0 Å². The predicted octanol–water partition coefficient (Wildman–Crippen LogP) is 3.68. The van der Waals surface area contributed by atoms with E-state index in [0.29, 0.717) is 4.88 Å². The standard InChI is InChI=1S/C12H9O2S2/c1-7(13)10-3-4-11(16-10)9-5-12(8(2)14)15-6-9/h3-5H,1-2H3. The highest BCUT2D eigenvalue weighted by atomic mass is 32.1. The van der Waals surface area contributed by atoms with Crippen molar-refractivity contribution in [1.82, 2.24) is 0 Å². The van der Waals surface area contributed by atoms with Crippen LogP contribution in [0.25, 0.3) is 10.4 Å². The molecule has 2 heterocycles. The molecule has 0 bridgehead atoms. The second-order valence-electron chi connectivity index (χ2n) is 3.40. The number of hydrogen-bond donors (Lipinski definition) is 0. The maximum absolute atomic E-state index is 11.2. The van der Waals surface area contributed by atoms with Gasteiger partial charge >= 0.3 is 0 Å². The van der Waals surface area contributed by atoms with E-state index in [4.69, 9.17) is 0 Å². The molecule has 0 aliphatic heterocycles. The molecule has 2 aromatic heterocycles. The highest BCUT2D eigenvalue weighted by Crippen LogP contribution is 2.31. The molecule has 0 atom stereocenters. The van der Waals surface area contributed by atoms with Gasteiger partial charge in [-0.15, -0.1) is 22.7 Å². The zero-order valence-corrected chi connectivity index (χ0v) is 10.5. The van der Waals surface area contributed by atoms with E-state index in [9.17, 15) is 9.59 Å². The van der Waals surface area contributed by atoms with Crippen LogP contribution in [0.3, 0.4) is 0 Å². The van der Waals surface area contributed by atoms with Crippen LogP contribution in [0.4, 0.5) is 0 Å². The number of rotatable bonds is 3. The molecule has 4 heteroatoms. The third-order valence-electron chi connectivity index (χ3n) is 2.11. The van der Waals surface area contributed by atoms with Gasteiger partial charge in [-0.3, -0.25) is 9.59 Å². The molecule has 0 aliphatic carbocycles. The molecular weight excluding hydrogens is 240 g/mol. The summed E-state index contributed by atoms with van der Waals surface area (Å²) in [5.41, 5.74) is 0.896. The molecule has 0 amide bonds. The van der Waals surface area contributed by atoms with Gasteiger partial charge in [0, 0.05) is 10.4 Å². The Labute approximate surface area is 102 Å². The normalized spacial score (nSPS) is 10.4. The lowest BCUT2D eigenvalue weighted by molar-refractivity contribution is 0.101. The Morgan fingerprint density at radius 3 is 2.31 bits per heavy atom. The summed E-state index contributed by atoms with van der Waals surface area (Å²) in [6.45, 7) is 3.09. The summed E-state index contributed by atoms with van der Waals surface area (Å²) < 4.78 is 0. The van der Waals surface area contributed by atoms with Gasteiger partial charge in [-0.25, -0.2) is 0 Å². The van der Waals surface area contributed by atoms with Crippen molar-refractivity contribution in [3.63, 3.8) is 0 Å². The Hall–Kier alpha value is -1.26. The van der Waals surface area contributed by atoms with Crippen molar-refractivity contribution in [1.29, 1.82) is 0 Å². The molecule has 0 saturated heterocycles. The Balaban J connectivity index is 2.35. The molecule has 16 heavy (non-hydrogen) atoms. The molecule has 0 fully saturated rings. The second-order valence-corrected chi connectivity index (χ2v) is 5.33. The third-order valence-corrected chi connectivity index (χ3v) is 4.28. The molecule has 0 N–H and O–H groups in total. The molecule has 2 aromatic rings. The summed E-state index contributed by atoms with van der Waals surface area (Å²) >= 11 is 2.75. The molecule has 1 radical (unpaired) electrons.